The lowest BCUT2D eigenvalue weighted by molar-refractivity contribution is 0.226. The van der Waals surface area contributed by atoms with Crippen LogP contribution in [0, 0.1) is 5.82 Å². The fraction of sp³-hybridized carbons (Fsp3) is 0.250. The van der Waals surface area contributed by atoms with Gasteiger partial charge >= 0.3 is 0 Å². The van der Waals surface area contributed by atoms with Crippen LogP contribution in [0.1, 0.15) is 30.0 Å². The summed E-state index contributed by atoms with van der Waals surface area (Å²) in [4.78, 5) is 13.4. The first-order valence-electron chi connectivity index (χ1n) is 8.84. The number of benzene rings is 1. The van der Waals surface area contributed by atoms with Crippen LogP contribution in [0.4, 0.5) is 4.39 Å². The number of hydrogen-bond donors (Lipinski definition) is 1. The van der Waals surface area contributed by atoms with Gasteiger partial charge in [-0.25, -0.2) is 9.37 Å². The van der Waals surface area contributed by atoms with E-state index in [2.05, 4.69) is 15.3 Å². The molecule has 1 aliphatic rings. The van der Waals surface area contributed by atoms with Crippen molar-refractivity contribution in [3.63, 3.8) is 0 Å². The van der Waals surface area contributed by atoms with Gasteiger partial charge in [0.25, 0.3) is 0 Å². The van der Waals surface area contributed by atoms with E-state index in [0.717, 1.165) is 42.2 Å². The number of nitrogens with one attached hydrogen (secondary N) is 1. The van der Waals surface area contributed by atoms with Gasteiger partial charge in [0.1, 0.15) is 17.7 Å². The minimum absolute atomic E-state index is 0.0433. The van der Waals surface area contributed by atoms with Gasteiger partial charge in [0.05, 0.1) is 34.5 Å². The Bertz CT molecular complexity index is 1030. The number of nitrogens with zero attached hydrogens (tertiary/aromatic N) is 3. The number of hydrogen-bond acceptors (Lipinski definition) is 5. The Kier molecular flexibility index (Phi) is 5.44. The van der Waals surface area contributed by atoms with Crippen LogP contribution in [0.2, 0.25) is 10.0 Å². The van der Waals surface area contributed by atoms with Crippen molar-refractivity contribution in [2.75, 3.05) is 6.54 Å². The van der Waals surface area contributed by atoms with Crippen LogP contribution < -0.4 is 10.1 Å². The molecule has 144 valence electrons. The first-order chi connectivity index (χ1) is 13.5. The SMILES string of the molecule is C[C@@H](Oc1cncc(-c2cnc3c(n2)CCNC3)c1)c1c(Cl)ccc(F)c1Cl. The van der Waals surface area contributed by atoms with Gasteiger partial charge in [-0.2, -0.15) is 0 Å². The van der Waals surface area contributed by atoms with Crippen molar-refractivity contribution in [2.24, 2.45) is 0 Å². The molecule has 3 heterocycles. The topological polar surface area (TPSA) is 59.9 Å². The van der Waals surface area contributed by atoms with E-state index in [-0.39, 0.29) is 5.02 Å². The molecule has 1 aliphatic heterocycles. The van der Waals surface area contributed by atoms with E-state index in [1.165, 1.54) is 12.1 Å². The Balaban J connectivity index is 1.60. The highest BCUT2D eigenvalue weighted by atomic mass is 35.5. The van der Waals surface area contributed by atoms with Crippen molar-refractivity contribution in [3.05, 3.63) is 69.6 Å². The minimum atomic E-state index is -0.562. The van der Waals surface area contributed by atoms with E-state index in [1.807, 2.05) is 6.07 Å². The Morgan fingerprint density at radius 2 is 2.04 bits per heavy atom. The Morgan fingerprint density at radius 1 is 1.18 bits per heavy atom. The summed E-state index contributed by atoms with van der Waals surface area (Å²) in [6, 6.07) is 4.51. The first kappa shape index (κ1) is 19.1. The average Bonchev–Trinajstić information content (AvgIpc) is 2.71. The Morgan fingerprint density at radius 3 is 2.89 bits per heavy atom. The molecule has 1 N–H and O–H groups in total. The summed E-state index contributed by atoms with van der Waals surface area (Å²) < 4.78 is 19.7. The summed E-state index contributed by atoms with van der Waals surface area (Å²) >= 11 is 12.3. The molecule has 3 aromatic rings. The maximum atomic E-state index is 13.8. The predicted molar refractivity (Wildman–Crippen MR) is 106 cm³/mol. The molecule has 0 saturated carbocycles. The summed E-state index contributed by atoms with van der Waals surface area (Å²) in [6.07, 6.45) is 5.30. The van der Waals surface area contributed by atoms with E-state index >= 15 is 0 Å². The Hall–Kier alpha value is -2.28. The molecule has 0 spiro atoms. The molecule has 8 heteroatoms. The second kappa shape index (κ2) is 7.99. The molecule has 2 aromatic heterocycles. The maximum Gasteiger partial charge on any atom is 0.142 e. The molecule has 4 rings (SSSR count). The van der Waals surface area contributed by atoms with Gasteiger partial charge in [0, 0.05) is 41.9 Å². The van der Waals surface area contributed by atoms with E-state index in [0.29, 0.717) is 16.3 Å². The summed E-state index contributed by atoms with van der Waals surface area (Å²) in [5.41, 5.74) is 3.88. The third-order valence-electron chi connectivity index (χ3n) is 4.57. The summed E-state index contributed by atoms with van der Waals surface area (Å²) in [7, 11) is 0. The van der Waals surface area contributed by atoms with Crippen LogP contribution in [-0.4, -0.2) is 21.5 Å². The molecule has 0 saturated heterocycles. The largest absolute Gasteiger partial charge is 0.484 e. The molecule has 1 atom stereocenters. The molecule has 28 heavy (non-hydrogen) atoms. The van der Waals surface area contributed by atoms with Crippen molar-refractivity contribution in [1.29, 1.82) is 0 Å². The quantitative estimate of drug-likeness (QED) is 0.618. The van der Waals surface area contributed by atoms with Crippen LogP contribution >= 0.6 is 23.2 Å². The molecule has 0 amide bonds. The average molecular weight is 419 g/mol. The van der Waals surface area contributed by atoms with Crippen LogP contribution in [0.5, 0.6) is 5.75 Å². The zero-order chi connectivity index (χ0) is 19.7. The molecular formula is C20H17Cl2FN4O. The normalized spacial score (nSPS) is 14.4. The number of pyridine rings is 1. The van der Waals surface area contributed by atoms with Crippen LogP contribution in [0.15, 0.2) is 36.8 Å². The highest BCUT2D eigenvalue weighted by Crippen LogP contribution is 2.35. The summed E-state index contributed by atoms with van der Waals surface area (Å²) in [6.45, 7) is 3.38. The molecule has 0 radical (unpaired) electrons. The van der Waals surface area contributed by atoms with E-state index < -0.39 is 11.9 Å². The third kappa shape index (κ3) is 3.81. The van der Waals surface area contributed by atoms with Gasteiger partial charge < -0.3 is 10.1 Å². The van der Waals surface area contributed by atoms with E-state index in [9.17, 15) is 4.39 Å². The highest BCUT2D eigenvalue weighted by molar-refractivity contribution is 6.36. The van der Waals surface area contributed by atoms with Crippen LogP contribution in [0.25, 0.3) is 11.3 Å². The van der Waals surface area contributed by atoms with E-state index in [1.54, 1.807) is 25.5 Å². The number of rotatable bonds is 4. The van der Waals surface area contributed by atoms with E-state index in [4.69, 9.17) is 32.9 Å². The van der Waals surface area contributed by atoms with Gasteiger partial charge in [-0.05, 0) is 25.1 Å². The van der Waals surface area contributed by atoms with Gasteiger partial charge in [-0.1, -0.05) is 23.2 Å². The fourth-order valence-electron chi connectivity index (χ4n) is 3.15. The Labute approximate surface area is 171 Å². The lowest BCUT2D eigenvalue weighted by Crippen LogP contribution is -2.25. The molecule has 1 aromatic carbocycles. The smallest absolute Gasteiger partial charge is 0.142 e. The first-order valence-corrected chi connectivity index (χ1v) is 9.59. The van der Waals surface area contributed by atoms with Gasteiger partial charge in [-0.15, -0.1) is 0 Å². The molecule has 0 bridgehead atoms. The number of ether oxygens (including phenoxy) is 1. The van der Waals surface area contributed by atoms with Crippen molar-refractivity contribution in [3.8, 4) is 17.0 Å². The standard InChI is InChI=1S/C20H17Cl2FN4O/c1-11(19-14(21)2-3-15(23)20(19)22)28-13-6-12(7-25-8-13)17-10-26-18-9-24-5-4-16(18)27-17/h2-3,6-8,10-11,24H,4-5,9H2,1H3/t11-/m1/s1. The lowest BCUT2D eigenvalue weighted by atomic mass is 10.1. The number of fused-ring (bicyclic) bond motifs is 1. The fourth-order valence-corrected chi connectivity index (χ4v) is 3.83. The van der Waals surface area contributed by atoms with Crippen LogP contribution in [-0.2, 0) is 13.0 Å². The molecular weight excluding hydrogens is 402 g/mol. The second-order valence-electron chi connectivity index (χ2n) is 6.50. The molecule has 0 unspecified atom stereocenters. The molecule has 0 fully saturated rings. The predicted octanol–water partition coefficient (Wildman–Crippen LogP) is 4.77. The summed E-state index contributed by atoms with van der Waals surface area (Å²) in [5.74, 6) is -0.0372. The number of halogens is 3. The molecule has 0 aliphatic carbocycles. The van der Waals surface area contributed by atoms with Gasteiger partial charge in [-0.3, -0.25) is 9.97 Å². The summed E-state index contributed by atoms with van der Waals surface area (Å²) in [5, 5.41) is 3.58. The monoisotopic (exact) mass is 418 g/mol. The zero-order valence-electron chi connectivity index (χ0n) is 15.0. The van der Waals surface area contributed by atoms with Crippen LogP contribution in [0.3, 0.4) is 0 Å². The van der Waals surface area contributed by atoms with Crippen molar-refractivity contribution in [1.82, 2.24) is 20.3 Å². The van der Waals surface area contributed by atoms with Crippen molar-refractivity contribution >= 4 is 23.2 Å². The maximum absolute atomic E-state index is 13.8. The molecule has 5 nitrogen and oxygen atoms in total. The number of aromatic nitrogens is 3. The third-order valence-corrected chi connectivity index (χ3v) is 5.28. The van der Waals surface area contributed by atoms with Gasteiger partial charge in [0.2, 0.25) is 0 Å². The van der Waals surface area contributed by atoms with Crippen molar-refractivity contribution in [2.45, 2.75) is 26.0 Å². The van der Waals surface area contributed by atoms with Gasteiger partial charge in [0.15, 0.2) is 0 Å². The second-order valence-corrected chi connectivity index (χ2v) is 7.29. The minimum Gasteiger partial charge on any atom is -0.484 e. The van der Waals surface area contributed by atoms with Crippen molar-refractivity contribution < 1.29 is 9.13 Å². The zero-order valence-corrected chi connectivity index (χ0v) is 16.6. The lowest BCUT2D eigenvalue weighted by Gasteiger charge is -2.18. The highest BCUT2D eigenvalue weighted by Gasteiger charge is 2.19.